The van der Waals surface area contributed by atoms with Gasteiger partial charge in [0.15, 0.2) is 5.82 Å². The van der Waals surface area contributed by atoms with Crippen LogP contribution in [0.3, 0.4) is 0 Å². The summed E-state index contributed by atoms with van der Waals surface area (Å²) in [5.74, 6) is -0.237. The first-order chi connectivity index (χ1) is 19.4. The molecule has 2 aromatic heterocycles. The molecule has 3 aromatic rings. The third kappa shape index (κ3) is 5.45. The molecule has 1 saturated heterocycles. The van der Waals surface area contributed by atoms with Gasteiger partial charge in [-0.15, -0.1) is 0 Å². The molecule has 5 heterocycles. The van der Waals surface area contributed by atoms with E-state index in [4.69, 9.17) is 4.98 Å². The van der Waals surface area contributed by atoms with Crippen LogP contribution < -0.4 is 20.9 Å². The van der Waals surface area contributed by atoms with Gasteiger partial charge in [-0.1, -0.05) is 6.07 Å². The summed E-state index contributed by atoms with van der Waals surface area (Å²) in [5.41, 5.74) is 3.81. The van der Waals surface area contributed by atoms with Gasteiger partial charge in [-0.2, -0.15) is 0 Å². The van der Waals surface area contributed by atoms with E-state index in [0.29, 0.717) is 22.8 Å². The second kappa shape index (κ2) is 11.2. The van der Waals surface area contributed by atoms with Crippen molar-refractivity contribution in [1.29, 1.82) is 0 Å². The Morgan fingerprint density at radius 3 is 2.62 bits per heavy atom. The van der Waals surface area contributed by atoms with Crippen molar-refractivity contribution in [3.05, 3.63) is 53.4 Å². The van der Waals surface area contributed by atoms with Gasteiger partial charge in [-0.25, -0.2) is 23.7 Å². The van der Waals surface area contributed by atoms with Gasteiger partial charge in [0.05, 0.1) is 29.4 Å². The van der Waals surface area contributed by atoms with Crippen LogP contribution in [0.2, 0.25) is 0 Å². The number of rotatable bonds is 7. The number of hydrogen-bond acceptors (Lipinski definition) is 9. The maximum absolute atomic E-state index is 15.1. The third-order valence-electron chi connectivity index (χ3n) is 8.01. The highest BCUT2D eigenvalue weighted by molar-refractivity contribution is 5.82. The fraction of sp³-hybridized carbons (Fsp3) is 0.483. The third-order valence-corrected chi connectivity index (χ3v) is 8.01. The lowest BCUT2D eigenvalue weighted by Gasteiger charge is -2.32. The molecule has 1 atom stereocenters. The molecule has 0 aliphatic carbocycles. The molecule has 3 aliphatic rings. The number of benzene rings is 1. The monoisotopic (exact) mass is 549 g/mol. The van der Waals surface area contributed by atoms with Crippen LogP contribution in [0.5, 0.6) is 0 Å². The molecule has 1 aromatic carbocycles. The van der Waals surface area contributed by atoms with Crippen LogP contribution in [-0.2, 0) is 13.0 Å². The molecule has 0 spiro atoms. The van der Waals surface area contributed by atoms with Crippen LogP contribution in [0.1, 0.15) is 32.0 Å². The van der Waals surface area contributed by atoms with E-state index in [2.05, 4.69) is 46.7 Å². The van der Waals surface area contributed by atoms with Crippen LogP contribution in [-0.4, -0.2) is 82.8 Å². The molecule has 6 rings (SSSR count). The molecule has 3 N–H and O–H groups in total. The number of nitrogens with one attached hydrogen (secondary N) is 3. The number of halogens is 2. The maximum atomic E-state index is 15.1. The van der Waals surface area contributed by atoms with Crippen molar-refractivity contribution in [1.82, 2.24) is 30.1 Å². The van der Waals surface area contributed by atoms with Crippen molar-refractivity contribution < 1.29 is 8.78 Å². The van der Waals surface area contributed by atoms with Crippen molar-refractivity contribution in [3.8, 4) is 11.3 Å². The van der Waals surface area contributed by atoms with E-state index in [1.807, 2.05) is 26.8 Å². The highest BCUT2D eigenvalue weighted by atomic mass is 19.1. The SMILES string of the molecule is CC(C)N1c2cc(-c3nc(Nc4ccc5c(n4)CN(CCN4CCNCC4)CC5)ncc3F)cc(F)c2NC1C. The average molecular weight is 550 g/mol. The lowest BCUT2D eigenvalue weighted by molar-refractivity contribution is 0.178. The molecule has 9 nitrogen and oxygen atoms in total. The zero-order chi connectivity index (χ0) is 27.8. The van der Waals surface area contributed by atoms with Gasteiger partial charge < -0.3 is 20.9 Å². The summed E-state index contributed by atoms with van der Waals surface area (Å²) < 4.78 is 30.0. The van der Waals surface area contributed by atoms with E-state index >= 15 is 4.39 Å². The molecule has 212 valence electrons. The predicted molar refractivity (Wildman–Crippen MR) is 154 cm³/mol. The van der Waals surface area contributed by atoms with E-state index in [0.717, 1.165) is 70.7 Å². The molecule has 3 aliphatic heterocycles. The van der Waals surface area contributed by atoms with Crippen molar-refractivity contribution in [2.24, 2.45) is 0 Å². The first kappa shape index (κ1) is 26.8. The smallest absolute Gasteiger partial charge is 0.229 e. The number of hydrogen-bond donors (Lipinski definition) is 3. The van der Waals surface area contributed by atoms with Crippen LogP contribution in [0.15, 0.2) is 30.5 Å². The van der Waals surface area contributed by atoms with Crippen LogP contribution in [0.4, 0.5) is 31.9 Å². The molecule has 0 amide bonds. The normalized spacial score (nSPS) is 19.4. The van der Waals surface area contributed by atoms with Crippen molar-refractivity contribution >= 4 is 23.1 Å². The first-order valence-electron chi connectivity index (χ1n) is 14.2. The summed E-state index contributed by atoms with van der Waals surface area (Å²) in [6.07, 6.45) is 2.01. The summed E-state index contributed by atoms with van der Waals surface area (Å²) in [6.45, 7) is 14.3. The van der Waals surface area contributed by atoms with E-state index in [1.54, 1.807) is 6.07 Å². The lowest BCUT2D eigenvalue weighted by Crippen LogP contribution is -2.46. The Morgan fingerprint density at radius 2 is 1.82 bits per heavy atom. The summed E-state index contributed by atoms with van der Waals surface area (Å²) in [5, 5.41) is 9.73. The Hall–Kier alpha value is -3.41. The number of nitrogens with zero attached hydrogens (tertiary/aromatic N) is 6. The summed E-state index contributed by atoms with van der Waals surface area (Å²) in [4.78, 5) is 20.5. The summed E-state index contributed by atoms with van der Waals surface area (Å²) in [6, 6.07) is 7.25. The van der Waals surface area contributed by atoms with Gasteiger partial charge in [0.25, 0.3) is 0 Å². The summed E-state index contributed by atoms with van der Waals surface area (Å²) >= 11 is 0. The molecule has 40 heavy (non-hydrogen) atoms. The summed E-state index contributed by atoms with van der Waals surface area (Å²) in [7, 11) is 0. The van der Waals surface area contributed by atoms with Gasteiger partial charge >= 0.3 is 0 Å². The van der Waals surface area contributed by atoms with Crippen molar-refractivity contribution in [3.63, 3.8) is 0 Å². The Bertz CT molecular complexity index is 1380. The van der Waals surface area contributed by atoms with Crippen molar-refractivity contribution in [2.45, 2.75) is 45.9 Å². The Kier molecular flexibility index (Phi) is 7.52. The Balaban J connectivity index is 1.19. The fourth-order valence-electron chi connectivity index (χ4n) is 5.97. The second-order valence-electron chi connectivity index (χ2n) is 11.1. The fourth-order valence-corrected chi connectivity index (χ4v) is 5.97. The molecule has 0 saturated carbocycles. The van der Waals surface area contributed by atoms with E-state index in [9.17, 15) is 4.39 Å². The zero-order valence-electron chi connectivity index (χ0n) is 23.3. The number of pyridine rings is 1. The van der Waals surface area contributed by atoms with E-state index < -0.39 is 11.6 Å². The van der Waals surface area contributed by atoms with Crippen LogP contribution in [0.25, 0.3) is 11.3 Å². The predicted octanol–water partition coefficient (Wildman–Crippen LogP) is 3.81. The van der Waals surface area contributed by atoms with Crippen molar-refractivity contribution in [2.75, 3.05) is 61.3 Å². The van der Waals surface area contributed by atoms with Gasteiger partial charge in [-0.3, -0.25) is 9.80 Å². The topological polar surface area (TPSA) is 84.5 Å². The van der Waals surface area contributed by atoms with Crippen LogP contribution >= 0.6 is 0 Å². The number of fused-ring (bicyclic) bond motifs is 2. The molecule has 0 radical (unpaired) electrons. The molecular formula is C29H37F2N9. The highest BCUT2D eigenvalue weighted by Gasteiger charge is 2.31. The molecule has 0 bridgehead atoms. The lowest BCUT2D eigenvalue weighted by atomic mass is 10.1. The first-order valence-corrected chi connectivity index (χ1v) is 14.2. The van der Waals surface area contributed by atoms with E-state index in [1.165, 1.54) is 11.6 Å². The average Bonchev–Trinajstić information content (AvgIpc) is 3.30. The number of anilines is 4. The van der Waals surface area contributed by atoms with Crippen LogP contribution in [0, 0.1) is 11.6 Å². The van der Waals surface area contributed by atoms with Gasteiger partial charge in [0, 0.05) is 64.0 Å². The molecular weight excluding hydrogens is 512 g/mol. The Morgan fingerprint density at radius 1 is 1.02 bits per heavy atom. The van der Waals surface area contributed by atoms with Gasteiger partial charge in [0.1, 0.15) is 17.3 Å². The quantitative estimate of drug-likeness (QED) is 0.408. The minimum Gasteiger partial charge on any atom is -0.361 e. The minimum absolute atomic E-state index is 0.0412. The molecule has 11 heteroatoms. The van der Waals surface area contributed by atoms with Gasteiger partial charge in [-0.05, 0) is 51.0 Å². The van der Waals surface area contributed by atoms with Gasteiger partial charge in [0.2, 0.25) is 5.95 Å². The minimum atomic E-state index is -0.612. The molecule has 1 unspecified atom stereocenters. The largest absolute Gasteiger partial charge is 0.361 e. The second-order valence-corrected chi connectivity index (χ2v) is 11.1. The Labute approximate surface area is 234 Å². The number of aromatic nitrogens is 3. The van der Waals surface area contributed by atoms with E-state index in [-0.39, 0.29) is 23.8 Å². The number of piperazine rings is 1. The molecule has 1 fully saturated rings. The maximum Gasteiger partial charge on any atom is 0.229 e. The zero-order valence-corrected chi connectivity index (χ0v) is 23.3. The highest BCUT2D eigenvalue weighted by Crippen LogP contribution is 2.41. The standard InChI is InChI=1S/C29H37F2N9/c1-18(2)40-19(3)34-28-22(30)14-21(15-25(28)40)27-23(31)16-33-29(37-27)36-26-5-4-20-6-9-39(17-24(20)35-26)13-12-38-10-7-32-8-11-38/h4-5,14-16,18-19,32,34H,6-13,17H2,1-3H3,(H,33,35,36,37).